The quantitative estimate of drug-likeness (QED) is 0.696. The molecule has 0 saturated carbocycles. The highest BCUT2D eigenvalue weighted by Crippen LogP contribution is 2.16. The minimum absolute atomic E-state index is 0.257. The Bertz CT molecular complexity index is 588. The van der Waals surface area contributed by atoms with Crippen LogP contribution in [0.1, 0.15) is 30.1 Å². The summed E-state index contributed by atoms with van der Waals surface area (Å²) in [6.07, 6.45) is 0.201. The highest BCUT2D eigenvalue weighted by molar-refractivity contribution is 7.89. The smallest absolute Gasteiger partial charge is 0.335 e. The molecule has 3 N–H and O–H groups in total. The molecule has 1 atom stereocenters. The number of carbonyl (C=O) groups is 1. The summed E-state index contributed by atoms with van der Waals surface area (Å²) < 4.78 is 39.3. The van der Waals surface area contributed by atoms with Gasteiger partial charge in [-0.3, -0.25) is 0 Å². The van der Waals surface area contributed by atoms with Crippen LogP contribution in [-0.4, -0.2) is 37.2 Å². The van der Waals surface area contributed by atoms with Crippen molar-refractivity contribution in [2.24, 2.45) is 0 Å². The Hall–Kier alpha value is -1.51. The minimum Gasteiger partial charge on any atom is -0.478 e. The van der Waals surface area contributed by atoms with Crippen LogP contribution in [0.25, 0.3) is 0 Å². The van der Waals surface area contributed by atoms with Crippen LogP contribution in [0.5, 0.6) is 0 Å². The second-order valence-electron chi connectivity index (χ2n) is 4.24. The first-order valence-corrected chi connectivity index (χ1v) is 7.46. The van der Waals surface area contributed by atoms with Crippen molar-refractivity contribution in [2.45, 2.75) is 30.8 Å². The van der Waals surface area contributed by atoms with E-state index >= 15 is 0 Å². The number of sulfonamides is 1. The van der Waals surface area contributed by atoms with Gasteiger partial charge in [-0.2, -0.15) is 0 Å². The number of aliphatic hydroxyl groups is 1. The van der Waals surface area contributed by atoms with Gasteiger partial charge in [-0.15, -0.1) is 0 Å². The van der Waals surface area contributed by atoms with Crippen LogP contribution in [0.3, 0.4) is 0 Å². The molecule has 1 unspecified atom stereocenters. The second kappa shape index (κ2) is 6.78. The molecule has 0 heterocycles. The van der Waals surface area contributed by atoms with Gasteiger partial charge in [-0.1, -0.05) is 13.3 Å². The third kappa shape index (κ3) is 4.26. The zero-order valence-electron chi connectivity index (χ0n) is 10.8. The summed E-state index contributed by atoms with van der Waals surface area (Å²) in [5.74, 6) is -2.40. The van der Waals surface area contributed by atoms with E-state index in [-0.39, 0.29) is 12.1 Å². The molecule has 112 valence electrons. The van der Waals surface area contributed by atoms with Crippen molar-refractivity contribution in [1.82, 2.24) is 4.72 Å². The number of halogens is 1. The molecule has 0 aliphatic rings. The molecule has 0 amide bonds. The van der Waals surface area contributed by atoms with E-state index in [1.54, 1.807) is 0 Å². The van der Waals surface area contributed by atoms with Crippen LogP contribution < -0.4 is 4.72 Å². The van der Waals surface area contributed by atoms with E-state index in [0.717, 1.165) is 18.2 Å². The Balaban J connectivity index is 2.97. The van der Waals surface area contributed by atoms with Gasteiger partial charge in [0.05, 0.1) is 11.7 Å². The Kier molecular flexibility index (Phi) is 5.61. The van der Waals surface area contributed by atoms with E-state index in [1.165, 1.54) is 0 Å². The SMILES string of the molecule is CCCC(O)CNS(=O)(=O)c1cc(C(=O)O)ccc1F. The van der Waals surface area contributed by atoms with Crippen LogP contribution >= 0.6 is 0 Å². The zero-order chi connectivity index (χ0) is 15.3. The predicted molar refractivity (Wildman–Crippen MR) is 69.5 cm³/mol. The van der Waals surface area contributed by atoms with Crippen LogP contribution in [0.4, 0.5) is 4.39 Å². The van der Waals surface area contributed by atoms with Gasteiger partial charge in [0.15, 0.2) is 0 Å². The maximum Gasteiger partial charge on any atom is 0.335 e. The Morgan fingerprint density at radius 1 is 1.45 bits per heavy atom. The summed E-state index contributed by atoms with van der Waals surface area (Å²) in [5.41, 5.74) is -0.333. The molecule has 0 fully saturated rings. The summed E-state index contributed by atoms with van der Waals surface area (Å²) in [4.78, 5) is 10.0. The fourth-order valence-electron chi connectivity index (χ4n) is 1.56. The van der Waals surface area contributed by atoms with Crippen molar-refractivity contribution in [3.63, 3.8) is 0 Å². The lowest BCUT2D eigenvalue weighted by molar-refractivity contribution is 0.0696. The van der Waals surface area contributed by atoms with Crippen molar-refractivity contribution in [3.8, 4) is 0 Å². The van der Waals surface area contributed by atoms with Crippen molar-refractivity contribution in [2.75, 3.05) is 6.54 Å². The average molecular weight is 305 g/mol. The van der Waals surface area contributed by atoms with E-state index in [2.05, 4.69) is 4.72 Å². The number of aromatic carboxylic acids is 1. The molecule has 0 spiro atoms. The maximum absolute atomic E-state index is 13.5. The standard InChI is InChI=1S/C12H16FNO5S/c1-2-3-9(15)7-14-20(18,19)11-6-8(12(16)17)4-5-10(11)13/h4-6,9,14-15H,2-3,7H2,1H3,(H,16,17). The molecule has 1 rings (SSSR count). The van der Waals surface area contributed by atoms with Crippen molar-refractivity contribution in [3.05, 3.63) is 29.6 Å². The Morgan fingerprint density at radius 3 is 2.65 bits per heavy atom. The number of carboxylic acids is 1. The van der Waals surface area contributed by atoms with Gasteiger partial charge in [-0.05, 0) is 24.6 Å². The molecule has 0 radical (unpaired) electrons. The average Bonchev–Trinajstić information content (AvgIpc) is 2.37. The van der Waals surface area contributed by atoms with Crippen molar-refractivity contribution >= 4 is 16.0 Å². The van der Waals surface area contributed by atoms with Gasteiger partial charge >= 0.3 is 5.97 Å². The topological polar surface area (TPSA) is 104 Å². The van der Waals surface area contributed by atoms with Crippen LogP contribution in [0.2, 0.25) is 0 Å². The number of hydrogen-bond donors (Lipinski definition) is 3. The lowest BCUT2D eigenvalue weighted by Gasteiger charge is -2.12. The van der Waals surface area contributed by atoms with Crippen molar-refractivity contribution < 1.29 is 27.8 Å². The molecule has 1 aromatic carbocycles. The summed E-state index contributed by atoms with van der Waals surface area (Å²) in [6.45, 7) is 1.57. The number of aliphatic hydroxyl groups excluding tert-OH is 1. The number of nitrogens with one attached hydrogen (secondary N) is 1. The molecule has 6 nitrogen and oxygen atoms in total. The van der Waals surface area contributed by atoms with Gasteiger partial charge < -0.3 is 10.2 Å². The maximum atomic E-state index is 13.5. The molecule has 8 heteroatoms. The fraction of sp³-hybridized carbons (Fsp3) is 0.417. The number of carboxylic acid groups (broad SMARTS) is 1. The van der Waals surface area contributed by atoms with E-state index in [0.29, 0.717) is 12.8 Å². The minimum atomic E-state index is -4.21. The first-order valence-electron chi connectivity index (χ1n) is 5.98. The predicted octanol–water partition coefficient (Wildman–Crippen LogP) is 0.963. The van der Waals surface area contributed by atoms with E-state index < -0.39 is 32.8 Å². The molecule has 0 aliphatic carbocycles. The normalized spacial score (nSPS) is 13.2. The van der Waals surface area contributed by atoms with Gasteiger partial charge in [0.25, 0.3) is 0 Å². The third-order valence-electron chi connectivity index (χ3n) is 2.60. The fourth-order valence-corrected chi connectivity index (χ4v) is 2.74. The molecule has 0 aliphatic heterocycles. The molecular weight excluding hydrogens is 289 g/mol. The van der Waals surface area contributed by atoms with Crippen LogP contribution in [-0.2, 0) is 10.0 Å². The molecule has 1 aromatic rings. The number of rotatable bonds is 7. The van der Waals surface area contributed by atoms with Gasteiger partial charge in [0, 0.05) is 6.54 Å². The van der Waals surface area contributed by atoms with Crippen LogP contribution in [0.15, 0.2) is 23.1 Å². The van der Waals surface area contributed by atoms with E-state index in [1.807, 2.05) is 6.92 Å². The summed E-state index contributed by atoms with van der Waals surface area (Å²) in [6, 6.07) is 2.50. The summed E-state index contributed by atoms with van der Waals surface area (Å²) in [5, 5.41) is 18.2. The monoisotopic (exact) mass is 305 g/mol. The highest BCUT2D eigenvalue weighted by Gasteiger charge is 2.21. The van der Waals surface area contributed by atoms with E-state index in [4.69, 9.17) is 5.11 Å². The molecule has 20 heavy (non-hydrogen) atoms. The Labute approximate surface area is 116 Å². The van der Waals surface area contributed by atoms with E-state index in [9.17, 15) is 22.7 Å². The van der Waals surface area contributed by atoms with Gasteiger partial charge in [0.2, 0.25) is 10.0 Å². The molecular formula is C12H16FNO5S. The van der Waals surface area contributed by atoms with Crippen LogP contribution in [0, 0.1) is 5.82 Å². The lowest BCUT2D eigenvalue weighted by atomic mass is 10.2. The summed E-state index contributed by atoms with van der Waals surface area (Å²) >= 11 is 0. The van der Waals surface area contributed by atoms with Crippen molar-refractivity contribution in [1.29, 1.82) is 0 Å². The van der Waals surface area contributed by atoms with Gasteiger partial charge in [-0.25, -0.2) is 22.3 Å². The Morgan fingerprint density at radius 2 is 2.10 bits per heavy atom. The molecule has 0 bridgehead atoms. The third-order valence-corrected chi connectivity index (χ3v) is 4.04. The second-order valence-corrected chi connectivity index (χ2v) is 5.98. The highest BCUT2D eigenvalue weighted by atomic mass is 32.2. The lowest BCUT2D eigenvalue weighted by Crippen LogP contribution is -2.32. The largest absolute Gasteiger partial charge is 0.478 e. The first-order chi connectivity index (χ1) is 9.27. The molecule has 0 saturated heterocycles. The number of benzene rings is 1. The first kappa shape index (κ1) is 16.5. The number of hydrogen-bond acceptors (Lipinski definition) is 4. The zero-order valence-corrected chi connectivity index (χ0v) is 11.7. The van der Waals surface area contributed by atoms with Gasteiger partial charge in [0.1, 0.15) is 10.7 Å². The molecule has 0 aromatic heterocycles. The summed E-state index contributed by atoms with van der Waals surface area (Å²) in [7, 11) is -4.21.